The van der Waals surface area contributed by atoms with Gasteiger partial charge in [0.15, 0.2) is 0 Å². The van der Waals surface area contributed by atoms with Gasteiger partial charge in [0, 0.05) is 48.5 Å². The van der Waals surface area contributed by atoms with E-state index in [0.717, 1.165) is 0 Å². The number of aromatic nitrogens is 1. The zero-order valence-electron chi connectivity index (χ0n) is 47.5. The van der Waals surface area contributed by atoms with Crippen LogP contribution in [0.15, 0.2) is 79.0 Å². The Morgan fingerprint density at radius 3 is 1.43 bits per heavy atom. The molecule has 9 atom stereocenters. The number of nitrogens with two attached hydrogens (primary N) is 2. The van der Waals surface area contributed by atoms with Crippen LogP contribution >= 0.6 is 12.6 Å². The van der Waals surface area contributed by atoms with E-state index in [-0.39, 0.29) is 36.7 Å². The van der Waals surface area contributed by atoms with Gasteiger partial charge in [-0.3, -0.25) is 57.5 Å². The molecule has 19 N–H and O–H groups in total. The van der Waals surface area contributed by atoms with Gasteiger partial charge in [0.25, 0.3) is 0 Å². The number of aromatic amines is 1. The van der Waals surface area contributed by atoms with Gasteiger partial charge >= 0.3 is 17.9 Å². The SMILES string of the molecule is CC(C)C[C@H](NC(=O)[C@H](Cc1ccc(O)cc1)NC(=O)[C@H](CC(N)=O)NC(=O)[C@H](CS)NC(=O)[C@H](Cc1ccc(O)cc1)NC(=O)[C@H](CCC(=O)O)NC(=O)[C@H](C)NC(=O)[C@H](Cc1c[nH]c2ccccc12)NC(=O)[C@H](CC(=O)O)NC(=O)CN)C(=O)O. The molecule has 0 bridgehead atoms. The summed E-state index contributed by atoms with van der Waals surface area (Å²) in [5, 5.41) is 70.8. The molecule has 1 aromatic heterocycles. The molecule has 0 radical (unpaired) electrons. The predicted octanol–water partition coefficient (Wildman–Crippen LogP) is -2.78. The first kappa shape index (κ1) is 69.7. The summed E-state index contributed by atoms with van der Waals surface area (Å²) in [6.07, 6.45) is -2.51. The molecule has 1 heterocycles. The second kappa shape index (κ2) is 33.6. The summed E-state index contributed by atoms with van der Waals surface area (Å²) in [5.41, 5.74) is 12.7. The number of hydrogen-bond donors (Lipinski definition) is 18. The van der Waals surface area contributed by atoms with Crippen LogP contribution in [-0.4, -0.2) is 174 Å². The number of aliphatic carboxylic acids is 3. The minimum atomic E-state index is -1.84. The van der Waals surface area contributed by atoms with Crippen LogP contribution in [0.25, 0.3) is 10.9 Å². The first-order chi connectivity index (χ1) is 41.1. The number of carboxylic acid groups (broad SMARTS) is 3. The maximum absolute atomic E-state index is 14.3. The van der Waals surface area contributed by atoms with Crippen molar-refractivity contribution in [3.63, 3.8) is 0 Å². The van der Waals surface area contributed by atoms with E-state index in [9.17, 15) is 87.9 Å². The Bertz CT molecular complexity index is 3140. The number of para-hydroxylation sites is 1. The van der Waals surface area contributed by atoms with Crippen molar-refractivity contribution < 1.29 is 87.9 Å². The quantitative estimate of drug-likeness (QED) is 0.0207. The number of carboxylic acids is 3. The third-order valence-electron chi connectivity index (χ3n) is 13.2. The van der Waals surface area contributed by atoms with Gasteiger partial charge in [0.1, 0.15) is 65.9 Å². The normalized spacial score (nSPS) is 14.1. The van der Waals surface area contributed by atoms with Gasteiger partial charge < -0.3 is 89.8 Å². The molecule has 0 unspecified atom stereocenters. The van der Waals surface area contributed by atoms with Crippen LogP contribution in [0.3, 0.4) is 0 Å². The lowest BCUT2D eigenvalue weighted by Gasteiger charge is -2.27. The number of fused-ring (bicyclic) bond motifs is 1. The molecule has 0 spiro atoms. The average molecular weight is 1230 g/mol. The highest BCUT2D eigenvalue weighted by atomic mass is 32.1. The number of primary amides is 1. The van der Waals surface area contributed by atoms with Gasteiger partial charge in [0.2, 0.25) is 59.1 Å². The molecule has 4 aromatic rings. The fourth-order valence-corrected chi connectivity index (χ4v) is 8.92. The number of phenols is 2. The molecule has 0 saturated heterocycles. The topological polar surface area (TPSA) is 499 Å². The fourth-order valence-electron chi connectivity index (χ4n) is 8.67. The lowest BCUT2D eigenvalue weighted by Crippen LogP contribution is -2.61. The molecule has 3 aromatic carbocycles. The molecule has 0 saturated carbocycles. The maximum atomic E-state index is 14.3. The molecular weight excluding hydrogens is 1160 g/mol. The third-order valence-corrected chi connectivity index (χ3v) is 13.5. The largest absolute Gasteiger partial charge is 0.508 e. The molecule has 10 amide bonds. The van der Waals surface area contributed by atoms with E-state index >= 15 is 0 Å². The summed E-state index contributed by atoms with van der Waals surface area (Å²) >= 11 is 4.20. The lowest BCUT2D eigenvalue weighted by atomic mass is 10.0. The zero-order chi connectivity index (χ0) is 64.7. The smallest absolute Gasteiger partial charge is 0.326 e. The highest BCUT2D eigenvalue weighted by Gasteiger charge is 2.36. The van der Waals surface area contributed by atoms with Crippen molar-refractivity contribution in [2.45, 2.75) is 127 Å². The fraction of sp³-hybridized carbons (Fsp3) is 0.411. The van der Waals surface area contributed by atoms with Gasteiger partial charge in [-0.1, -0.05) is 56.3 Å². The van der Waals surface area contributed by atoms with E-state index in [4.69, 9.17) is 11.5 Å². The van der Waals surface area contributed by atoms with Crippen LogP contribution in [0, 0.1) is 5.92 Å². The number of amides is 10. The molecule has 30 nitrogen and oxygen atoms in total. The molecule has 0 aliphatic rings. The van der Waals surface area contributed by atoms with Crippen molar-refractivity contribution in [1.82, 2.24) is 52.8 Å². The van der Waals surface area contributed by atoms with Crippen molar-refractivity contribution in [2.24, 2.45) is 17.4 Å². The van der Waals surface area contributed by atoms with Crippen LogP contribution in [-0.2, 0) is 81.6 Å². The van der Waals surface area contributed by atoms with Crippen LogP contribution in [0.4, 0.5) is 0 Å². The molecule has 87 heavy (non-hydrogen) atoms. The number of carbonyl (C=O) groups is 13. The van der Waals surface area contributed by atoms with Crippen molar-refractivity contribution in [2.75, 3.05) is 12.3 Å². The second-order valence-corrected chi connectivity index (χ2v) is 21.0. The van der Waals surface area contributed by atoms with Crippen LogP contribution in [0.2, 0.25) is 0 Å². The Kier molecular flexibility index (Phi) is 27.0. The Morgan fingerprint density at radius 1 is 0.506 bits per heavy atom. The molecule has 0 aliphatic heterocycles. The average Bonchev–Trinajstić information content (AvgIpc) is 2.88. The number of thiol groups is 1. The number of nitrogens with one attached hydrogen (secondary N) is 10. The van der Waals surface area contributed by atoms with Crippen LogP contribution < -0.4 is 59.3 Å². The number of benzene rings is 3. The van der Waals surface area contributed by atoms with Crippen molar-refractivity contribution in [1.29, 1.82) is 0 Å². The summed E-state index contributed by atoms with van der Waals surface area (Å²) < 4.78 is 0. The number of phenolic OH excluding ortho intramolecular Hbond substituents is 2. The van der Waals surface area contributed by atoms with Gasteiger partial charge in [0.05, 0.1) is 19.4 Å². The van der Waals surface area contributed by atoms with E-state index in [1.165, 1.54) is 55.5 Å². The first-order valence-corrected chi connectivity index (χ1v) is 27.8. The second-order valence-electron chi connectivity index (χ2n) is 20.6. The summed E-state index contributed by atoms with van der Waals surface area (Å²) in [4.78, 5) is 175. The number of aromatic hydroxyl groups is 2. The molecule has 0 fully saturated rings. The van der Waals surface area contributed by atoms with E-state index in [0.29, 0.717) is 27.6 Å². The van der Waals surface area contributed by atoms with Gasteiger partial charge in [-0.25, -0.2) is 4.79 Å². The first-order valence-electron chi connectivity index (χ1n) is 27.2. The number of rotatable bonds is 35. The Labute approximate surface area is 502 Å². The van der Waals surface area contributed by atoms with Gasteiger partial charge in [-0.05, 0) is 72.7 Å². The third kappa shape index (κ3) is 23.0. The van der Waals surface area contributed by atoms with Gasteiger partial charge in [-0.15, -0.1) is 0 Å². The summed E-state index contributed by atoms with van der Waals surface area (Å²) in [7, 11) is 0. The zero-order valence-corrected chi connectivity index (χ0v) is 48.4. The van der Waals surface area contributed by atoms with E-state index in [1.54, 1.807) is 44.3 Å². The Hall–Kier alpha value is -9.78. The molecule has 31 heteroatoms. The predicted molar refractivity (Wildman–Crippen MR) is 312 cm³/mol. The van der Waals surface area contributed by atoms with Crippen molar-refractivity contribution >= 4 is 101 Å². The van der Waals surface area contributed by atoms with E-state index < -0.39 is 176 Å². The summed E-state index contributed by atoms with van der Waals surface area (Å²) in [6, 6.07) is 2.87. The minimum absolute atomic E-state index is 0.00333. The van der Waals surface area contributed by atoms with E-state index in [2.05, 4.69) is 65.5 Å². The minimum Gasteiger partial charge on any atom is -0.508 e. The molecule has 470 valence electrons. The molecule has 0 aliphatic carbocycles. The maximum Gasteiger partial charge on any atom is 0.326 e. The number of carbonyl (C=O) groups excluding carboxylic acids is 10. The Morgan fingerprint density at radius 2 is 0.943 bits per heavy atom. The summed E-state index contributed by atoms with van der Waals surface area (Å²) in [6.45, 7) is 4.01. The highest BCUT2D eigenvalue weighted by molar-refractivity contribution is 7.80. The summed E-state index contributed by atoms with van der Waals surface area (Å²) in [5.74, 6) is -16.0. The highest BCUT2D eigenvalue weighted by Crippen LogP contribution is 2.20. The van der Waals surface area contributed by atoms with Crippen molar-refractivity contribution in [3.8, 4) is 11.5 Å². The van der Waals surface area contributed by atoms with Crippen LogP contribution in [0.1, 0.15) is 69.6 Å². The monoisotopic (exact) mass is 1230 g/mol. The number of H-pyrrole nitrogens is 1. The standard InChI is InChI=1S/C56H72N12O18S/c1-27(2)18-42(56(85)86)67-51(80)37(19-29-8-12-32(69)13-9-29)64-53(82)40(22-44(58)71)66-55(84)43(26-87)68-52(81)38(20-30-10-14-33(70)15-11-30)63-49(78)36(16-17-46(73)74)62-48(77)28(3)60-50(79)39(21-31-25-59-35-7-5-4-6-34(31)35)65-54(83)41(23-47(75)76)61-45(72)24-57/h4-15,25,27-28,36-43,59,69-70,87H,16-24,26,57H2,1-3H3,(H2,58,71)(H,60,79)(H,61,72)(H,62,77)(H,63,78)(H,64,82)(H,65,83)(H,66,84)(H,67,80)(H,68,81)(H,73,74)(H,75,76)(H,85,86)/t28-,36-,37-,38-,39-,40-,41-,42-,43-/m0/s1. The van der Waals surface area contributed by atoms with Gasteiger partial charge in [-0.2, -0.15) is 12.6 Å². The molecule has 4 rings (SSSR count). The van der Waals surface area contributed by atoms with E-state index in [1.807, 2.05) is 0 Å². The number of hydrogen-bond acceptors (Lipinski definition) is 17. The lowest BCUT2D eigenvalue weighted by molar-refractivity contribution is -0.143. The Balaban J connectivity index is 1.58. The van der Waals surface area contributed by atoms with Crippen LogP contribution in [0.5, 0.6) is 11.5 Å². The van der Waals surface area contributed by atoms with Crippen molar-refractivity contribution in [3.05, 3.63) is 95.7 Å². The molecular formula is C56H72N12O18S.